The van der Waals surface area contributed by atoms with Crippen LogP contribution in [0.25, 0.3) is 0 Å². The van der Waals surface area contributed by atoms with Crippen molar-refractivity contribution in [2.75, 3.05) is 5.32 Å². The number of halogens is 2. The van der Waals surface area contributed by atoms with E-state index in [-0.39, 0.29) is 29.5 Å². The van der Waals surface area contributed by atoms with Crippen molar-refractivity contribution in [2.24, 2.45) is 7.05 Å². The van der Waals surface area contributed by atoms with E-state index in [0.29, 0.717) is 5.69 Å². The molecule has 0 atom stereocenters. The fourth-order valence-electron chi connectivity index (χ4n) is 2.31. The number of alkyl halides is 2. The summed E-state index contributed by atoms with van der Waals surface area (Å²) in [7, 11) is 1.57. The van der Waals surface area contributed by atoms with Crippen LogP contribution >= 0.6 is 0 Å². The summed E-state index contributed by atoms with van der Waals surface area (Å²) in [6.07, 6.45) is 0.493. The van der Waals surface area contributed by atoms with Crippen LogP contribution in [-0.2, 0) is 18.4 Å². The molecule has 3 rings (SSSR count). The summed E-state index contributed by atoms with van der Waals surface area (Å²) in [4.78, 5) is 12.1. The van der Waals surface area contributed by atoms with Gasteiger partial charge in [0.25, 0.3) is 6.43 Å². The zero-order valence-electron chi connectivity index (χ0n) is 12.3. The van der Waals surface area contributed by atoms with Crippen LogP contribution in [0.2, 0.25) is 0 Å². The van der Waals surface area contributed by atoms with Crippen molar-refractivity contribution in [3.63, 3.8) is 0 Å². The van der Waals surface area contributed by atoms with Gasteiger partial charge in [-0.1, -0.05) is 0 Å². The number of aryl methyl sites for hydroxylation is 1. The van der Waals surface area contributed by atoms with E-state index in [4.69, 9.17) is 5.26 Å². The number of amides is 1. The van der Waals surface area contributed by atoms with E-state index < -0.39 is 12.3 Å². The van der Waals surface area contributed by atoms with E-state index in [2.05, 4.69) is 15.5 Å². The molecule has 0 unspecified atom stereocenters. The number of nitriles is 1. The first-order chi connectivity index (χ1) is 11.0. The van der Waals surface area contributed by atoms with Gasteiger partial charge in [0.15, 0.2) is 0 Å². The van der Waals surface area contributed by atoms with Crippen LogP contribution in [-0.4, -0.2) is 25.5 Å². The van der Waals surface area contributed by atoms with Crippen LogP contribution in [0, 0.1) is 11.3 Å². The third-order valence-electron chi connectivity index (χ3n) is 3.66. The molecule has 0 saturated heterocycles. The van der Waals surface area contributed by atoms with Gasteiger partial charge in [0.05, 0.1) is 11.9 Å². The number of carbonyl (C=O) groups is 1. The summed E-state index contributed by atoms with van der Waals surface area (Å²) in [6.45, 7) is -0.345. The Labute approximate surface area is 130 Å². The van der Waals surface area contributed by atoms with Gasteiger partial charge in [-0.15, -0.1) is 0 Å². The molecule has 2 heterocycles. The third kappa shape index (κ3) is 3.06. The van der Waals surface area contributed by atoms with Crippen LogP contribution in [0.3, 0.4) is 0 Å². The third-order valence-corrected chi connectivity index (χ3v) is 3.66. The van der Waals surface area contributed by atoms with Crippen LogP contribution in [0.1, 0.15) is 42.1 Å². The number of aromatic nitrogens is 4. The highest BCUT2D eigenvalue weighted by Crippen LogP contribution is 2.40. The lowest BCUT2D eigenvalue weighted by atomic mass is 10.3. The molecule has 7 nitrogen and oxygen atoms in total. The number of hydrogen-bond acceptors (Lipinski definition) is 4. The largest absolute Gasteiger partial charge is 0.308 e. The Balaban J connectivity index is 1.77. The minimum atomic E-state index is -2.70. The number of rotatable bonds is 5. The van der Waals surface area contributed by atoms with Crippen molar-refractivity contribution in [2.45, 2.75) is 31.7 Å². The van der Waals surface area contributed by atoms with Crippen molar-refractivity contribution in [1.29, 1.82) is 5.26 Å². The molecule has 1 fully saturated rings. The Morgan fingerprint density at radius 1 is 1.57 bits per heavy atom. The zero-order chi connectivity index (χ0) is 16.6. The summed E-state index contributed by atoms with van der Waals surface area (Å²) < 4.78 is 28.5. The van der Waals surface area contributed by atoms with E-state index in [0.717, 1.165) is 17.5 Å². The van der Waals surface area contributed by atoms with Crippen molar-refractivity contribution in [3.05, 3.63) is 29.2 Å². The topological polar surface area (TPSA) is 88.5 Å². The maximum atomic E-state index is 13.1. The van der Waals surface area contributed by atoms with Gasteiger partial charge in [-0.3, -0.25) is 14.2 Å². The Morgan fingerprint density at radius 2 is 2.30 bits per heavy atom. The fourth-order valence-corrected chi connectivity index (χ4v) is 2.31. The highest BCUT2D eigenvalue weighted by Gasteiger charge is 2.29. The van der Waals surface area contributed by atoms with Gasteiger partial charge >= 0.3 is 0 Å². The summed E-state index contributed by atoms with van der Waals surface area (Å²) >= 11 is 0. The number of nitrogens with one attached hydrogen (secondary N) is 1. The molecular formula is C14H14F2N6O. The Morgan fingerprint density at radius 3 is 2.91 bits per heavy atom. The normalized spacial score (nSPS) is 14.0. The van der Waals surface area contributed by atoms with Crippen LogP contribution in [0.4, 0.5) is 14.6 Å². The van der Waals surface area contributed by atoms with E-state index in [1.54, 1.807) is 7.05 Å². The highest BCUT2D eigenvalue weighted by molar-refractivity contribution is 5.90. The second kappa shape index (κ2) is 5.79. The van der Waals surface area contributed by atoms with E-state index >= 15 is 0 Å². The number of carbonyl (C=O) groups excluding carboxylic acids is 1. The van der Waals surface area contributed by atoms with Gasteiger partial charge < -0.3 is 5.32 Å². The molecule has 1 amide bonds. The summed E-state index contributed by atoms with van der Waals surface area (Å²) in [5.74, 6) is -0.0952. The molecule has 1 aliphatic rings. The van der Waals surface area contributed by atoms with Crippen LogP contribution in [0.5, 0.6) is 0 Å². The predicted octanol–water partition coefficient (Wildman–Crippen LogP) is 1.94. The molecule has 2 aromatic rings. The molecule has 2 aromatic heterocycles. The van der Waals surface area contributed by atoms with Gasteiger partial charge in [0.2, 0.25) is 5.91 Å². The number of anilines is 1. The Kier molecular flexibility index (Phi) is 3.82. The first kappa shape index (κ1) is 15.1. The monoisotopic (exact) mass is 320 g/mol. The summed E-state index contributed by atoms with van der Waals surface area (Å²) in [5.41, 5.74) is 0.535. The highest BCUT2D eigenvalue weighted by atomic mass is 19.3. The second-order valence-electron chi connectivity index (χ2n) is 5.42. The zero-order valence-corrected chi connectivity index (χ0v) is 12.3. The fraction of sp³-hybridized carbons (Fsp3) is 0.429. The average Bonchev–Trinajstić information content (AvgIpc) is 3.18. The van der Waals surface area contributed by atoms with Crippen molar-refractivity contribution < 1.29 is 13.6 Å². The standard InChI is InChI=1S/C14H14F2N6O/c1-21-14(9(5-17)6-18-21)19-12(23)7-22-11(13(15)16)4-10(20-22)8-2-3-8/h4,6,8,13H,2-3,7H2,1H3,(H,19,23). The molecular weight excluding hydrogens is 306 g/mol. The lowest BCUT2D eigenvalue weighted by Gasteiger charge is -2.08. The summed E-state index contributed by atoms with van der Waals surface area (Å²) in [6, 6.07) is 3.26. The SMILES string of the molecule is Cn1ncc(C#N)c1NC(=O)Cn1nc(C2CC2)cc1C(F)F. The van der Waals surface area contributed by atoms with Gasteiger partial charge in [-0.2, -0.15) is 15.5 Å². The van der Waals surface area contributed by atoms with Crippen molar-refractivity contribution in [1.82, 2.24) is 19.6 Å². The molecule has 0 radical (unpaired) electrons. The molecule has 23 heavy (non-hydrogen) atoms. The Bertz CT molecular complexity index is 784. The first-order valence-electron chi connectivity index (χ1n) is 7.07. The lowest BCUT2D eigenvalue weighted by molar-refractivity contribution is -0.117. The molecule has 0 aromatic carbocycles. The molecule has 0 bridgehead atoms. The second-order valence-corrected chi connectivity index (χ2v) is 5.42. The average molecular weight is 320 g/mol. The van der Waals surface area contributed by atoms with Gasteiger partial charge in [0.1, 0.15) is 29.7 Å². The Hall–Kier alpha value is -2.76. The van der Waals surface area contributed by atoms with Crippen molar-refractivity contribution in [3.8, 4) is 6.07 Å². The molecule has 0 aliphatic heterocycles. The molecule has 1 saturated carbocycles. The minimum Gasteiger partial charge on any atom is -0.308 e. The van der Waals surface area contributed by atoms with Gasteiger partial charge in [0, 0.05) is 13.0 Å². The molecule has 9 heteroatoms. The predicted molar refractivity (Wildman–Crippen MR) is 75.7 cm³/mol. The van der Waals surface area contributed by atoms with Crippen LogP contribution in [0.15, 0.2) is 12.3 Å². The molecule has 120 valence electrons. The van der Waals surface area contributed by atoms with Crippen molar-refractivity contribution >= 4 is 11.7 Å². The summed E-state index contributed by atoms with van der Waals surface area (Å²) in [5, 5.41) is 19.4. The molecule has 1 aliphatic carbocycles. The number of nitrogens with zero attached hydrogens (tertiary/aromatic N) is 5. The molecule has 0 spiro atoms. The first-order valence-corrected chi connectivity index (χ1v) is 7.07. The smallest absolute Gasteiger partial charge is 0.280 e. The van der Waals surface area contributed by atoms with Gasteiger partial charge in [-0.05, 0) is 18.9 Å². The maximum Gasteiger partial charge on any atom is 0.280 e. The molecule has 1 N–H and O–H groups in total. The quantitative estimate of drug-likeness (QED) is 0.912. The van der Waals surface area contributed by atoms with E-state index in [9.17, 15) is 13.6 Å². The minimum absolute atomic E-state index is 0.203. The van der Waals surface area contributed by atoms with Crippen LogP contribution < -0.4 is 5.32 Å². The van der Waals surface area contributed by atoms with Gasteiger partial charge in [-0.25, -0.2) is 8.78 Å². The van der Waals surface area contributed by atoms with E-state index in [1.165, 1.54) is 16.9 Å². The lowest BCUT2D eigenvalue weighted by Crippen LogP contribution is -2.22. The maximum absolute atomic E-state index is 13.1. The number of hydrogen-bond donors (Lipinski definition) is 1. The van der Waals surface area contributed by atoms with E-state index in [1.807, 2.05) is 6.07 Å².